The summed E-state index contributed by atoms with van der Waals surface area (Å²) in [4.78, 5) is 43.2. The second-order valence-corrected chi connectivity index (χ2v) is 10.1. The van der Waals surface area contributed by atoms with Crippen LogP contribution in [0.25, 0.3) is 0 Å². The third-order valence-corrected chi connectivity index (χ3v) is 7.65. The van der Waals surface area contributed by atoms with E-state index in [1.807, 2.05) is 23.1 Å². The fraction of sp³-hybridized carbons (Fsp3) is 0.414. The highest BCUT2D eigenvalue weighted by molar-refractivity contribution is 5.97. The Morgan fingerprint density at radius 3 is 2.67 bits per heavy atom. The van der Waals surface area contributed by atoms with Gasteiger partial charge in [-0.3, -0.25) is 19.6 Å². The molecule has 2 aliphatic heterocycles. The summed E-state index contributed by atoms with van der Waals surface area (Å²) in [7, 11) is 1.56. The second kappa shape index (κ2) is 12.1. The van der Waals surface area contributed by atoms with Crippen LogP contribution >= 0.6 is 0 Å². The zero-order valence-electron chi connectivity index (χ0n) is 22.2. The maximum absolute atomic E-state index is 13.2. The monoisotopic (exact) mass is 530 g/mol. The molecule has 2 amide bonds. The Bertz CT molecular complexity index is 1280. The first-order valence-electron chi connectivity index (χ1n) is 13.4. The number of methoxy groups -OCH3 is 1. The molecule has 1 fully saturated rings. The van der Waals surface area contributed by atoms with Crippen molar-refractivity contribution in [3.63, 3.8) is 0 Å². The summed E-state index contributed by atoms with van der Waals surface area (Å²) >= 11 is 0. The van der Waals surface area contributed by atoms with Gasteiger partial charge in [0.1, 0.15) is 17.3 Å². The van der Waals surface area contributed by atoms with Crippen LogP contribution in [-0.2, 0) is 0 Å². The Balaban J connectivity index is 1.35. The number of anilines is 1. The molecular weight excluding hydrogens is 496 g/mol. The Hall–Kier alpha value is -4.21. The van der Waals surface area contributed by atoms with Crippen molar-refractivity contribution in [1.82, 2.24) is 25.2 Å². The maximum atomic E-state index is 13.2. The zero-order valence-corrected chi connectivity index (χ0v) is 22.2. The van der Waals surface area contributed by atoms with Crippen LogP contribution in [0.1, 0.15) is 46.4 Å². The fourth-order valence-electron chi connectivity index (χ4n) is 5.33. The van der Waals surface area contributed by atoms with E-state index in [1.54, 1.807) is 50.2 Å². The zero-order chi connectivity index (χ0) is 27.1. The van der Waals surface area contributed by atoms with Gasteiger partial charge in [-0.25, -0.2) is 4.98 Å². The molecule has 0 atom stereocenters. The van der Waals surface area contributed by atoms with Gasteiger partial charge < -0.3 is 24.6 Å². The summed E-state index contributed by atoms with van der Waals surface area (Å²) in [6.45, 7) is 3.60. The second-order valence-electron chi connectivity index (χ2n) is 10.1. The number of benzene rings is 1. The van der Waals surface area contributed by atoms with Crippen molar-refractivity contribution in [3.8, 4) is 11.5 Å². The minimum absolute atomic E-state index is 0.0438. The number of pyridine rings is 1. The van der Waals surface area contributed by atoms with Gasteiger partial charge in [-0.15, -0.1) is 0 Å². The average molecular weight is 531 g/mol. The molecule has 2 aromatic heterocycles. The molecule has 0 aliphatic carbocycles. The van der Waals surface area contributed by atoms with Crippen LogP contribution < -0.4 is 19.7 Å². The van der Waals surface area contributed by atoms with E-state index in [9.17, 15) is 9.59 Å². The number of nitrogens with one attached hydrogen (secondary N) is 1. The number of carbonyl (C=O) groups is 2. The molecule has 1 N–H and O–H groups in total. The number of fused-ring (bicyclic) bond motifs is 1. The maximum Gasteiger partial charge on any atom is 0.255 e. The summed E-state index contributed by atoms with van der Waals surface area (Å²) < 4.78 is 11.6. The molecule has 204 valence electrons. The molecule has 4 heterocycles. The standard InChI is InChI=1S/C29H34N6O4/c1-38-23-17-22(18-31-19-23)28(37)35-14-8-29(9-15-35)7-4-13-34(26-20-30-10-11-32-26)16-12-33-27(36)24-5-2-3-6-25(24)39-21-29/h2-3,5-6,10-11,17-20H,4,7-9,12-16,21H2,1H3,(H,33,36). The van der Waals surface area contributed by atoms with Crippen LogP contribution in [-0.4, -0.2) is 78.1 Å². The Morgan fingerprint density at radius 2 is 1.87 bits per heavy atom. The van der Waals surface area contributed by atoms with E-state index >= 15 is 0 Å². The number of hydrogen-bond donors (Lipinski definition) is 1. The van der Waals surface area contributed by atoms with Crippen LogP contribution in [0.3, 0.4) is 0 Å². The van der Waals surface area contributed by atoms with E-state index in [0.717, 1.165) is 38.0 Å². The average Bonchev–Trinajstić information content (AvgIpc) is 3.00. The molecule has 10 nitrogen and oxygen atoms in total. The molecule has 2 aliphatic rings. The van der Waals surface area contributed by atoms with E-state index < -0.39 is 0 Å². The molecule has 39 heavy (non-hydrogen) atoms. The van der Waals surface area contributed by atoms with Crippen molar-refractivity contribution in [2.24, 2.45) is 5.41 Å². The lowest BCUT2D eigenvalue weighted by Crippen LogP contribution is -2.46. The molecule has 0 bridgehead atoms. The van der Waals surface area contributed by atoms with Crippen molar-refractivity contribution in [2.75, 3.05) is 51.3 Å². The highest BCUT2D eigenvalue weighted by Gasteiger charge is 2.37. The molecule has 1 saturated heterocycles. The lowest BCUT2D eigenvalue weighted by atomic mass is 9.75. The Labute approximate surface area is 228 Å². The predicted molar refractivity (Wildman–Crippen MR) is 146 cm³/mol. The SMILES string of the molecule is COc1cncc(C(=O)N2CCC3(CCCN(c4cnccn4)CCNC(=O)c4ccccc4OC3)CC2)c1. The third-order valence-electron chi connectivity index (χ3n) is 7.65. The first-order chi connectivity index (χ1) is 19.1. The first kappa shape index (κ1) is 26.4. The van der Waals surface area contributed by atoms with Gasteiger partial charge in [0.25, 0.3) is 11.8 Å². The van der Waals surface area contributed by atoms with Gasteiger partial charge in [-0.2, -0.15) is 0 Å². The summed E-state index contributed by atoms with van der Waals surface area (Å²) in [5, 5.41) is 3.02. The van der Waals surface area contributed by atoms with Gasteiger partial charge in [0.2, 0.25) is 0 Å². The molecule has 0 radical (unpaired) electrons. The molecule has 1 spiro atoms. The van der Waals surface area contributed by atoms with Crippen LogP contribution in [0, 0.1) is 5.41 Å². The van der Waals surface area contributed by atoms with Gasteiger partial charge in [0.15, 0.2) is 0 Å². The fourth-order valence-corrected chi connectivity index (χ4v) is 5.33. The summed E-state index contributed by atoms with van der Waals surface area (Å²) in [5.74, 6) is 1.73. The molecule has 10 heteroatoms. The number of amides is 2. The minimum Gasteiger partial charge on any atom is -0.495 e. The van der Waals surface area contributed by atoms with Crippen LogP contribution in [0.15, 0.2) is 61.3 Å². The van der Waals surface area contributed by atoms with E-state index in [4.69, 9.17) is 9.47 Å². The summed E-state index contributed by atoms with van der Waals surface area (Å²) in [6, 6.07) is 9.10. The minimum atomic E-state index is -0.162. The lowest BCUT2D eigenvalue weighted by molar-refractivity contribution is 0.0364. The first-order valence-corrected chi connectivity index (χ1v) is 13.4. The number of carbonyl (C=O) groups excluding carboxylic acids is 2. The van der Waals surface area contributed by atoms with Crippen molar-refractivity contribution in [3.05, 3.63) is 72.4 Å². The number of hydrogen-bond acceptors (Lipinski definition) is 8. The van der Waals surface area contributed by atoms with Gasteiger partial charge >= 0.3 is 0 Å². The Morgan fingerprint density at radius 1 is 1.03 bits per heavy atom. The van der Waals surface area contributed by atoms with Gasteiger partial charge in [-0.1, -0.05) is 12.1 Å². The topological polar surface area (TPSA) is 110 Å². The highest BCUT2D eigenvalue weighted by atomic mass is 16.5. The largest absolute Gasteiger partial charge is 0.495 e. The van der Waals surface area contributed by atoms with Gasteiger partial charge in [-0.05, 0) is 43.9 Å². The number of piperidine rings is 1. The quantitative estimate of drug-likeness (QED) is 0.550. The molecule has 0 unspecified atom stereocenters. The molecule has 3 aromatic rings. The number of ether oxygens (including phenoxy) is 2. The third kappa shape index (κ3) is 6.27. The van der Waals surface area contributed by atoms with Crippen LogP contribution in [0.2, 0.25) is 0 Å². The number of likely N-dealkylation sites (tertiary alicyclic amines) is 1. The number of aromatic nitrogens is 3. The van der Waals surface area contributed by atoms with Crippen molar-refractivity contribution < 1.29 is 19.1 Å². The van der Waals surface area contributed by atoms with E-state index in [1.165, 1.54) is 0 Å². The number of rotatable bonds is 3. The smallest absolute Gasteiger partial charge is 0.255 e. The summed E-state index contributed by atoms with van der Waals surface area (Å²) in [5.41, 5.74) is 0.918. The molecule has 5 rings (SSSR count). The molecule has 0 saturated carbocycles. The van der Waals surface area contributed by atoms with Crippen molar-refractivity contribution in [1.29, 1.82) is 0 Å². The number of para-hydroxylation sites is 1. The normalized spacial score (nSPS) is 18.0. The number of nitrogens with zero attached hydrogens (tertiary/aromatic N) is 5. The van der Waals surface area contributed by atoms with E-state index in [-0.39, 0.29) is 17.2 Å². The summed E-state index contributed by atoms with van der Waals surface area (Å²) in [6.07, 6.45) is 11.7. The molecular formula is C29H34N6O4. The van der Waals surface area contributed by atoms with Crippen molar-refractivity contribution in [2.45, 2.75) is 25.7 Å². The lowest BCUT2D eigenvalue weighted by Gasteiger charge is -2.42. The van der Waals surface area contributed by atoms with Gasteiger partial charge in [0.05, 0.1) is 37.2 Å². The van der Waals surface area contributed by atoms with Gasteiger partial charge in [0, 0.05) is 56.7 Å². The predicted octanol–water partition coefficient (Wildman–Crippen LogP) is 3.21. The Kier molecular flexibility index (Phi) is 8.19. The molecule has 1 aromatic carbocycles. The van der Waals surface area contributed by atoms with Crippen LogP contribution in [0.5, 0.6) is 11.5 Å². The van der Waals surface area contributed by atoms with E-state index in [2.05, 4.69) is 25.2 Å². The highest BCUT2D eigenvalue weighted by Crippen LogP contribution is 2.38. The van der Waals surface area contributed by atoms with Crippen molar-refractivity contribution >= 4 is 17.6 Å². The van der Waals surface area contributed by atoms with Crippen LogP contribution in [0.4, 0.5) is 5.82 Å². The van der Waals surface area contributed by atoms with E-state index in [0.29, 0.717) is 55.4 Å².